The maximum absolute atomic E-state index is 12.8. The molecule has 5 heteroatoms. The second kappa shape index (κ2) is 7.08. The molecule has 3 saturated heterocycles. The summed E-state index contributed by atoms with van der Waals surface area (Å²) in [5, 5.41) is 13.7. The van der Waals surface area contributed by atoms with Crippen molar-refractivity contribution in [1.82, 2.24) is 10.2 Å². The van der Waals surface area contributed by atoms with E-state index < -0.39 is 0 Å². The van der Waals surface area contributed by atoms with Crippen molar-refractivity contribution in [3.05, 3.63) is 59.9 Å². The Morgan fingerprint density at radius 1 is 1.14 bits per heavy atom. The number of benzene rings is 2. The van der Waals surface area contributed by atoms with Gasteiger partial charge in [0.15, 0.2) is 5.76 Å². The van der Waals surface area contributed by atoms with Crippen LogP contribution in [0.5, 0.6) is 0 Å². The number of furan rings is 1. The number of aliphatic hydroxyl groups is 1. The Kier molecular flexibility index (Phi) is 4.41. The zero-order valence-electron chi connectivity index (χ0n) is 15.7. The molecule has 0 unspecified atom stereocenters. The van der Waals surface area contributed by atoms with Gasteiger partial charge < -0.3 is 19.7 Å². The zero-order valence-corrected chi connectivity index (χ0v) is 15.7. The van der Waals surface area contributed by atoms with Gasteiger partial charge in [-0.25, -0.2) is 0 Å². The largest absolute Gasteiger partial charge is 0.451 e. The minimum absolute atomic E-state index is 0.00712. The Balaban J connectivity index is 1.40. The Morgan fingerprint density at radius 3 is 2.71 bits per heavy atom. The molecular weight excluding hydrogens is 352 g/mol. The molecule has 144 valence electrons. The van der Waals surface area contributed by atoms with Gasteiger partial charge in [0.05, 0.1) is 6.61 Å². The highest BCUT2D eigenvalue weighted by molar-refractivity contribution is 5.97. The highest BCUT2D eigenvalue weighted by atomic mass is 16.3. The fourth-order valence-electron chi connectivity index (χ4n) is 4.63. The van der Waals surface area contributed by atoms with E-state index in [1.165, 1.54) is 12.8 Å². The number of hydrogen-bond donors (Lipinski definition) is 2. The van der Waals surface area contributed by atoms with Crippen molar-refractivity contribution >= 4 is 16.9 Å². The van der Waals surface area contributed by atoms with Crippen LogP contribution in [0.4, 0.5) is 0 Å². The molecule has 1 atom stereocenters. The number of piperidine rings is 3. The van der Waals surface area contributed by atoms with Crippen LogP contribution < -0.4 is 5.32 Å². The summed E-state index contributed by atoms with van der Waals surface area (Å²) in [5.41, 5.74) is 3.57. The maximum atomic E-state index is 12.8. The van der Waals surface area contributed by atoms with Gasteiger partial charge in [-0.2, -0.15) is 0 Å². The van der Waals surface area contributed by atoms with E-state index in [-0.39, 0.29) is 18.6 Å². The molecule has 0 aliphatic carbocycles. The summed E-state index contributed by atoms with van der Waals surface area (Å²) in [7, 11) is 0. The van der Waals surface area contributed by atoms with Gasteiger partial charge in [0, 0.05) is 18.0 Å². The molecule has 0 spiro atoms. The topological polar surface area (TPSA) is 65.7 Å². The van der Waals surface area contributed by atoms with Crippen molar-refractivity contribution < 1.29 is 14.3 Å². The standard InChI is InChI=1S/C23H24N2O3/c26-14-17-3-1-2-4-19(17)16-5-6-21-18(11-16)12-22(28-21)23(27)24-20-13-25-9-7-15(20)8-10-25/h1-6,11-12,15,20,26H,7-10,13-14H2,(H,24,27)/t20-/m0/s1. The Morgan fingerprint density at radius 2 is 1.96 bits per heavy atom. The second-order valence-electron chi connectivity index (χ2n) is 7.90. The fraction of sp³-hybridized carbons (Fsp3) is 0.348. The van der Waals surface area contributed by atoms with Crippen molar-refractivity contribution in [2.45, 2.75) is 25.5 Å². The van der Waals surface area contributed by atoms with E-state index in [9.17, 15) is 9.90 Å². The summed E-state index contributed by atoms with van der Waals surface area (Å²) in [6, 6.07) is 15.7. The Labute approximate surface area is 164 Å². The third-order valence-corrected chi connectivity index (χ3v) is 6.21. The van der Waals surface area contributed by atoms with Crippen LogP contribution in [0.3, 0.4) is 0 Å². The van der Waals surface area contributed by atoms with Gasteiger partial charge in [-0.1, -0.05) is 30.3 Å². The lowest BCUT2D eigenvalue weighted by atomic mass is 9.84. The van der Waals surface area contributed by atoms with E-state index in [0.29, 0.717) is 17.3 Å². The predicted molar refractivity (Wildman–Crippen MR) is 108 cm³/mol. The number of nitrogens with one attached hydrogen (secondary N) is 1. The molecule has 4 heterocycles. The van der Waals surface area contributed by atoms with Crippen molar-refractivity contribution in [3.8, 4) is 11.1 Å². The lowest BCUT2D eigenvalue weighted by molar-refractivity contribution is 0.0607. The molecule has 1 aromatic heterocycles. The van der Waals surface area contributed by atoms with Crippen LogP contribution in [0.2, 0.25) is 0 Å². The molecule has 28 heavy (non-hydrogen) atoms. The van der Waals surface area contributed by atoms with Crippen LogP contribution in [-0.4, -0.2) is 41.6 Å². The zero-order chi connectivity index (χ0) is 19.1. The van der Waals surface area contributed by atoms with E-state index in [1.807, 2.05) is 48.5 Å². The van der Waals surface area contributed by atoms with Crippen molar-refractivity contribution in [1.29, 1.82) is 0 Å². The van der Waals surface area contributed by atoms with Gasteiger partial charge in [-0.3, -0.25) is 4.79 Å². The van der Waals surface area contributed by atoms with Gasteiger partial charge in [0.2, 0.25) is 0 Å². The van der Waals surface area contributed by atoms with E-state index in [4.69, 9.17) is 4.42 Å². The molecule has 5 nitrogen and oxygen atoms in total. The lowest BCUT2D eigenvalue weighted by Crippen LogP contribution is -2.57. The van der Waals surface area contributed by atoms with Crippen molar-refractivity contribution in [2.24, 2.45) is 5.92 Å². The van der Waals surface area contributed by atoms with Crippen LogP contribution >= 0.6 is 0 Å². The maximum Gasteiger partial charge on any atom is 0.287 e. The first-order valence-electron chi connectivity index (χ1n) is 9.97. The van der Waals surface area contributed by atoms with E-state index in [1.54, 1.807) is 0 Å². The summed E-state index contributed by atoms with van der Waals surface area (Å²) in [6.07, 6.45) is 2.33. The molecule has 2 aromatic carbocycles. The molecule has 1 amide bonds. The van der Waals surface area contributed by atoms with E-state index >= 15 is 0 Å². The number of amides is 1. The Bertz CT molecular complexity index is 1020. The number of aliphatic hydroxyl groups excluding tert-OH is 1. The molecule has 3 aliphatic heterocycles. The summed E-state index contributed by atoms with van der Waals surface area (Å²) in [4.78, 5) is 15.2. The predicted octanol–water partition coefficient (Wildman–Crippen LogP) is 3.42. The number of carbonyl (C=O) groups is 1. The third kappa shape index (κ3) is 3.11. The molecule has 3 fully saturated rings. The first kappa shape index (κ1) is 17.5. The number of rotatable bonds is 4. The third-order valence-electron chi connectivity index (χ3n) is 6.21. The quantitative estimate of drug-likeness (QED) is 0.732. The molecule has 2 N–H and O–H groups in total. The van der Waals surface area contributed by atoms with Gasteiger partial charge in [0.25, 0.3) is 5.91 Å². The van der Waals surface area contributed by atoms with Gasteiger partial charge in [0.1, 0.15) is 5.58 Å². The minimum atomic E-state index is -0.132. The molecular formula is C23H24N2O3. The number of carbonyl (C=O) groups excluding carboxylic acids is 1. The monoisotopic (exact) mass is 376 g/mol. The highest BCUT2D eigenvalue weighted by Gasteiger charge is 2.35. The molecule has 0 radical (unpaired) electrons. The van der Waals surface area contributed by atoms with Gasteiger partial charge in [-0.15, -0.1) is 0 Å². The Hall–Kier alpha value is -2.63. The van der Waals surface area contributed by atoms with E-state index in [2.05, 4.69) is 10.2 Å². The smallest absolute Gasteiger partial charge is 0.287 e. The van der Waals surface area contributed by atoms with Crippen LogP contribution in [-0.2, 0) is 6.61 Å². The van der Waals surface area contributed by atoms with E-state index in [0.717, 1.165) is 41.7 Å². The lowest BCUT2D eigenvalue weighted by Gasteiger charge is -2.44. The fourth-order valence-corrected chi connectivity index (χ4v) is 4.63. The average Bonchev–Trinajstić information content (AvgIpc) is 3.18. The second-order valence-corrected chi connectivity index (χ2v) is 7.90. The summed E-state index contributed by atoms with van der Waals surface area (Å²) >= 11 is 0. The summed E-state index contributed by atoms with van der Waals surface area (Å²) in [6.45, 7) is 3.24. The average molecular weight is 376 g/mol. The summed E-state index contributed by atoms with van der Waals surface area (Å²) in [5.74, 6) is 0.811. The molecule has 2 bridgehead atoms. The van der Waals surface area contributed by atoms with Crippen LogP contribution in [0, 0.1) is 5.92 Å². The highest BCUT2D eigenvalue weighted by Crippen LogP contribution is 2.30. The molecule has 6 rings (SSSR count). The first-order chi connectivity index (χ1) is 13.7. The van der Waals surface area contributed by atoms with Crippen molar-refractivity contribution in [3.63, 3.8) is 0 Å². The number of hydrogen-bond acceptors (Lipinski definition) is 4. The van der Waals surface area contributed by atoms with Crippen LogP contribution in [0.15, 0.2) is 52.9 Å². The SMILES string of the molecule is O=C(N[C@H]1CN2CCC1CC2)c1cc2cc(-c3ccccc3CO)ccc2o1. The molecule has 3 aromatic rings. The van der Waals surface area contributed by atoms with Crippen LogP contribution in [0.25, 0.3) is 22.1 Å². The van der Waals surface area contributed by atoms with Crippen molar-refractivity contribution in [2.75, 3.05) is 19.6 Å². The molecule has 3 aliphatic rings. The van der Waals surface area contributed by atoms with Gasteiger partial charge >= 0.3 is 0 Å². The minimum Gasteiger partial charge on any atom is -0.451 e. The molecule has 0 saturated carbocycles. The van der Waals surface area contributed by atoms with Crippen LogP contribution in [0.1, 0.15) is 29.0 Å². The summed E-state index contributed by atoms with van der Waals surface area (Å²) < 4.78 is 5.82. The number of fused-ring (bicyclic) bond motifs is 4. The van der Waals surface area contributed by atoms with Gasteiger partial charge in [-0.05, 0) is 66.7 Å². The first-order valence-corrected chi connectivity index (χ1v) is 9.97. The normalized spacial score (nSPS) is 23.8. The number of nitrogens with zero attached hydrogens (tertiary/aromatic N) is 1.